The molecule has 1 saturated carbocycles. The van der Waals surface area contributed by atoms with Crippen molar-refractivity contribution in [3.05, 3.63) is 35.4 Å². The number of hydrogen-bond acceptors (Lipinski definition) is 2. The number of nitrogens with one attached hydrogen (secondary N) is 2. The fourth-order valence-corrected chi connectivity index (χ4v) is 2.31. The van der Waals surface area contributed by atoms with Crippen LogP contribution < -0.4 is 10.6 Å². The fraction of sp³-hybridized carbons (Fsp3) is 0.500. The summed E-state index contributed by atoms with van der Waals surface area (Å²) in [6.07, 6.45) is 2.28. The number of likely N-dealkylation sites (N-methyl/N-ethyl adjacent to an activating group) is 1. The highest BCUT2D eigenvalue weighted by molar-refractivity contribution is 5.77. The van der Waals surface area contributed by atoms with E-state index in [1.54, 1.807) is 7.05 Å². The molecule has 1 fully saturated rings. The minimum atomic E-state index is 0.0593. The molecule has 0 bridgehead atoms. The van der Waals surface area contributed by atoms with Crippen molar-refractivity contribution in [3.8, 4) is 0 Å². The first-order chi connectivity index (χ1) is 8.19. The van der Waals surface area contributed by atoms with E-state index in [0.717, 1.165) is 12.8 Å². The van der Waals surface area contributed by atoms with E-state index in [9.17, 15) is 4.79 Å². The normalized spacial score (nSPS) is 22.9. The third-order valence-electron chi connectivity index (χ3n) is 3.48. The van der Waals surface area contributed by atoms with Crippen LogP contribution in [0, 0.1) is 6.92 Å². The van der Waals surface area contributed by atoms with Crippen molar-refractivity contribution in [2.75, 3.05) is 13.6 Å². The molecule has 1 aliphatic rings. The van der Waals surface area contributed by atoms with Crippen LogP contribution in [0.3, 0.4) is 0 Å². The Kier molecular flexibility index (Phi) is 3.79. The standard InChI is InChI=1S/C14H20N2O/c1-10-4-3-5-11(6-10)12-7-13(8-12)16-9-14(17)15-2/h3-6,12-13,16H,7-9H2,1-2H3,(H,15,17). The summed E-state index contributed by atoms with van der Waals surface area (Å²) in [5.74, 6) is 0.723. The lowest BCUT2D eigenvalue weighted by Gasteiger charge is -2.36. The lowest BCUT2D eigenvalue weighted by atomic mass is 9.75. The minimum absolute atomic E-state index is 0.0593. The minimum Gasteiger partial charge on any atom is -0.358 e. The molecular formula is C14H20N2O. The van der Waals surface area contributed by atoms with Crippen molar-refractivity contribution in [1.29, 1.82) is 0 Å². The maximum Gasteiger partial charge on any atom is 0.233 e. The first kappa shape index (κ1) is 12.1. The van der Waals surface area contributed by atoms with Gasteiger partial charge >= 0.3 is 0 Å². The summed E-state index contributed by atoms with van der Waals surface area (Å²) in [7, 11) is 1.67. The zero-order chi connectivity index (χ0) is 12.3. The molecule has 3 nitrogen and oxygen atoms in total. The second-order valence-corrected chi connectivity index (χ2v) is 4.83. The molecule has 0 radical (unpaired) electrons. The molecular weight excluding hydrogens is 212 g/mol. The van der Waals surface area contributed by atoms with Gasteiger partial charge in [-0.15, -0.1) is 0 Å². The Labute approximate surface area is 103 Å². The lowest BCUT2D eigenvalue weighted by Crippen LogP contribution is -2.44. The number of hydrogen-bond donors (Lipinski definition) is 2. The fourth-order valence-electron chi connectivity index (χ4n) is 2.31. The smallest absolute Gasteiger partial charge is 0.233 e. The number of rotatable bonds is 4. The molecule has 0 saturated heterocycles. The van der Waals surface area contributed by atoms with Crippen LogP contribution in [0.2, 0.25) is 0 Å². The van der Waals surface area contributed by atoms with Gasteiger partial charge in [-0.25, -0.2) is 0 Å². The van der Waals surface area contributed by atoms with E-state index in [1.807, 2.05) is 0 Å². The molecule has 0 aliphatic heterocycles. The van der Waals surface area contributed by atoms with Gasteiger partial charge in [0.15, 0.2) is 0 Å². The van der Waals surface area contributed by atoms with E-state index >= 15 is 0 Å². The van der Waals surface area contributed by atoms with Crippen molar-refractivity contribution in [2.24, 2.45) is 0 Å². The predicted molar refractivity (Wildman–Crippen MR) is 69.0 cm³/mol. The molecule has 0 unspecified atom stereocenters. The highest BCUT2D eigenvalue weighted by Gasteiger charge is 2.29. The van der Waals surface area contributed by atoms with Crippen LogP contribution in [0.15, 0.2) is 24.3 Å². The van der Waals surface area contributed by atoms with Gasteiger partial charge in [-0.2, -0.15) is 0 Å². The van der Waals surface area contributed by atoms with Crippen LogP contribution in [-0.2, 0) is 4.79 Å². The largest absolute Gasteiger partial charge is 0.358 e. The van der Waals surface area contributed by atoms with Crippen LogP contribution in [0.25, 0.3) is 0 Å². The van der Waals surface area contributed by atoms with Gasteiger partial charge in [-0.05, 0) is 31.2 Å². The van der Waals surface area contributed by atoms with Crippen LogP contribution >= 0.6 is 0 Å². The summed E-state index contributed by atoms with van der Waals surface area (Å²) in [6, 6.07) is 9.21. The molecule has 92 valence electrons. The Bertz CT molecular complexity index is 397. The van der Waals surface area contributed by atoms with Crippen molar-refractivity contribution in [1.82, 2.24) is 10.6 Å². The highest BCUT2D eigenvalue weighted by atomic mass is 16.1. The number of carbonyl (C=O) groups excluding carboxylic acids is 1. The number of benzene rings is 1. The van der Waals surface area contributed by atoms with E-state index < -0.39 is 0 Å². The number of carbonyl (C=O) groups is 1. The first-order valence-corrected chi connectivity index (χ1v) is 6.19. The van der Waals surface area contributed by atoms with Crippen LogP contribution in [0.1, 0.15) is 29.9 Å². The quantitative estimate of drug-likeness (QED) is 0.827. The van der Waals surface area contributed by atoms with Gasteiger partial charge in [-0.1, -0.05) is 29.8 Å². The van der Waals surface area contributed by atoms with Crippen LogP contribution in [0.4, 0.5) is 0 Å². The van der Waals surface area contributed by atoms with Gasteiger partial charge < -0.3 is 10.6 Å². The maximum atomic E-state index is 11.1. The Morgan fingerprint density at radius 3 is 2.82 bits per heavy atom. The second kappa shape index (κ2) is 5.32. The van der Waals surface area contributed by atoms with Gasteiger partial charge in [0.2, 0.25) is 5.91 Å². The molecule has 0 aromatic heterocycles. The summed E-state index contributed by atoms with van der Waals surface area (Å²) in [5.41, 5.74) is 2.76. The highest BCUT2D eigenvalue weighted by Crippen LogP contribution is 2.36. The zero-order valence-corrected chi connectivity index (χ0v) is 10.5. The van der Waals surface area contributed by atoms with Crippen molar-refractivity contribution >= 4 is 5.91 Å². The third-order valence-corrected chi connectivity index (χ3v) is 3.48. The number of aryl methyl sites for hydroxylation is 1. The van der Waals surface area contributed by atoms with Crippen molar-refractivity contribution < 1.29 is 4.79 Å². The molecule has 1 amide bonds. The first-order valence-electron chi connectivity index (χ1n) is 6.19. The zero-order valence-electron chi connectivity index (χ0n) is 10.5. The summed E-state index contributed by atoms with van der Waals surface area (Å²) >= 11 is 0. The molecule has 1 aromatic rings. The summed E-state index contributed by atoms with van der Waals surface area (Å²) in [5, 5.41) is 5.89. The lowest BCUT2D eigenvalue weighted by molar-refractivity contribution is -0.120. The monoisotopic (exact) mass is 232 g/mol. The summed E-state index contributed by atoms with van der Waals surface area (Å²) in [4.78, 5) is 11.1. The van der Waals surface area contributed by atoms with E-state index in [4.69, 9.17) is 0 Å². The van der Waals surface area contributed by atoms with Gasteiger partial charge in [0.25, 0.3) is 0 Å². The average molecular weight is 232 g/mol. The van der Waals surface area contributed by atoms with Gasteiger partial charge in [0.1, 0.15) is 0 Å². The Morgan fingerprint density at radius 2 is 2.18 bits per heavy atom. The maximum absolute atomic E-state index is 11.1. The molecule has 1 aromatic carbocycles. The second-order valence-electron chi connectivity index (χ2n) is 4.83. The van der Waals surface area contributed by atoms with Crippen molar-refractivity contribution in [2.45, 2.75) is 31.7 Å². The Hall–Kier alpha value is -1.35. The predicted octanol–water partition coefficient (Wildman–Crippen LogP) is 1.58. The molecule has 0 spiro atoms. The summed E-state index contributed by atoms with van der Waals surface area (Å²) < 4.78 is 0. The average Bonchev–Trinajstić information content (AvgIpc) is 2.26. The molecule has 3 heteroatoms. The molecule has 2 N–H and O–H groups in total. The van der Waals surface area contributed by atoms with Crippen LogP contribution in [-0.4, -0.2) is 25.5 Å². The Balaban J connectivity index is 1.77. The molecule has 0 atom stereocenters. The van der Waals surface area contributed by atoms with E-state index in [1.165, 1.54) is 11.1 Å². The molecule has 1 aliphatic carbocycles. The number of amides is 1. The van der Waals surface area contributed by atoms with Gasteiger partial charge in [0.05, 0.1) is 6.54 Å². The van der Waals surface area contributed by atoms with Crippen molar-refractivity contribution in [3.63, 3.8) is 0 Å². The van der Waals surface area contributed by atoms with Gasteiger partial charge in [-0.3, -0.25) is 4.79 Å². The Morgan fingerprint density at radius 1 is 1.41 bits per heavy atom. The molecule has 2 rings (SSSR count). The SMILES string of the molecule is CNC(=O)CNC1CC(c2cccc(C)c2)C1. The topological polar surface area (TPSA) is 41.1 Å². The van der Waals surface area contributed by atoms with Crippen LogP contribution in [0.5, 0.6) is 0 Å². The molecule has 0 heterocycles. The van der Waals surface area contributed by atoms with E-state index in [2.05, 4.69) is 41.8 Å². The summed E-state index contributed by atoms with van der Waals surface area (Å²) in [6.45, 7) is 2.56. The third kappa shape index (κ3) is 3.07. The van der Waals surface area contributed by atoms with E-state index in [-0.39, 0.29) is 5.91 Å². The van der Waals surface area contributed by atoms with Gasteiger partial charge in [0, 0.05) is 13.1 Å². The molecule has 17 heavy (non-hydrogen) atoms. The van der Waals surface area contributed by atoms with E-state index in [0.29, 0.717) is 18.5 Å².